The second kappa shape index (κ2) is 7.04. The topological polar surface area (TPSA) is 49.3 Å². The molecule has 0 N–H and O–H groups in total. The summed E-state index contributed by atoms with van der Waals surface area (Å²) < 4.78 is 0. The van der Waals surface area contributed by atoms with E-state index in [2.05, 4.69) is 51.0 Å². The molecule has 1 aromatic heterocycles. The predicted octanol–water partition coefficient (Wildman–Crippen LogP) is 3.97. The Hall–Kier alpha value is -2.43. The van der Waals surface area contributed by atoms with Gasteiger partial charge in [0.15, 0.2) is 0 Å². The van der Waals surface area contributed by atoms with Gasteiger partial charge in [0.1, 0.15) is 0 Å². The Labute approximate surface area is 184 Å². The summed E-state index contributed by atoms with van der Waals surface area (Å²) in [5, 5.41) is 0. The van der Waals surface area contributed by atoms with Gasteiger partial charge in [0.2, 0.25) is 11.9 Å². The zero-order valence-corrected chi connectivity index (χ0v) is 18.5. The van der Waals surface area contributed by atoms with Crippen molar-refractivity contribution in [2.45, 2.75) is 50.9 Å². The lowest BCUT2D eigenvalue weighted by Crippen LogP contribution is -2.61. The standard InChI is InChI=1S/C26H32N4O/c1-19-3-5-22(6-4-19)25-14-20-13-21(15-25)17-26(16-20,18-25)23(31)29-9-11-30(12-10-29)24-27-7-2-8-28-24/h2-8,20-21H,9-18H2,1H3. The lowest BCUT2D eigenvalue weighted by atomic mass is 9.42. The number of amides is 1. The maximum absolute atomic E-state index is 14.0. The van der Waals surface area contributed by atoms with Crippen LogP contribution in [0.15, 0.2) is 42.7 Å². The van der Waals surface area contributed by atoms with E-state index in [1.54, 1.807) is 12.4 Å². The van der Waals surface area contributed by atoms with Crippen molar-refractivity contribution >= 4 is 11.9 Å². The first-order valence-corrected chi connectivity index (χ1v) is 11.9. The first-order chi connectivity index (χ1) is 15.1. The summed E-state index contributed by atoms with van der Waals surface area (Å²) in [6.07, 6.45) is 10.7. The number of piperazine rings is 1. The van der Waals surface area contributed by atoms with Gasteiger partial charge in [-0.2, -0.15) is 0 Å². The monoisotopic (exact) mass is 416 g/mol. The highest BCUT2D eigenvalue weighted by Crippen LogP contribution is 2.66. The maximum Gasteiger partial charge on any atom is 0.228 e. The number of nitrogens with zero attached hydrogens (tertiary/aromatic N) is 4. The highest BCUT2D eigenvalue weighted by molar-refractivity contribution is 5.84. The van der Waals surface area contributed by atoms with Crippen molar-refractivity contribution in [1.29, 1.82) is 0 Å². The molecule has 2 aromatic rings. The summed E-state index contributed by atoms with van der Waals surface area (Å²) in [7, 11) is 0. The second-order valence-electron chi connectivity index (χ2n) is 10.7. The molecule has 1 aliphatic heterocycles. The van der Waals surface area contributed by atoms with Crippen LogP contribution in [0.25, 0.3) is 0 Å². The number of carbonyl (C=O) groups is 1. The van der Waals surface area contributed by atoms with Crippen LogP contribution in [0.5, 0.6) is 0 Å². The number of benzene rings is 1. The number of hydrogen-bond donors (Lipinski definition) is 0. The van der Waals surface area contributed by atoms with E-state index < -0.39 is 0 Å². The Morgan fingerprint density at radius 2 is 1.58 bits per heavy atom. The van der Waals surface area contributed by atoms with Crippen LogP contribution in [-0.4, -0.2) is 47.0 Å². The van der Waals surface area contributed by atoms with Crippen LogP contribution in [0, 0.1) is 24.2 Å². The zero-order chi connectivity index (χ0) is 21.1. The molecule has 162 valence electrons. The van der Waals surface area contributed by atoms with Crippen molar-refractivity contribution < 1.29 is 4.79 Å². The molecule has 31 heavy (non-hydrogen) atoms. The molecule has 0 spiro atoms. The van der Waals surface area contributed by atoms with Crippen molar-refractivity contribution in [1.82, 2.24) is 14.9 Å². The lowest BCUT2D eigenvalue weighted by molar-refractivity contribution is -0.160. The van der Waals surface area contributed by atoms with Gasteiger partial charge in [0, 0.05) is 38.6 Å². The fourth-order valence-corrected chi connectivity index (χ4v) is 7.66. The van der Waals surface area contributed by atoms with Crippen LogP contribution >= 0.6 is 0 Å². The minimum Gasteiger partial charge on any atom is -0.339 e. The van der Waals surface area contributed by atoms with Gasteiger partial charge in [-0.25, -0.2) is 9.97 Å². The van der Waals surface area contributed by atoms with Crippen molar-refractivity contribution in [2.24, 2.45) is 17.3 Å². The van der Waals surface area contributed by atoms with Crippen molar-refractivity contribution in [3.05, 3.63) is 53.9 Å². The van der Waals surface area contributed by atoms with Crippen molar-refractivity contribution in [3.8, 4) is 0 Å². The molecular weight excluding hydrogens is 384 g/mol. The van der Waals surface area contributed by atoms with E-state index in [1.165, 1.54) is 30.4 Å². The fourth-order valence-electron chi connectivity index (χ4n) is 7.66. The maximum atomic E-state index is 14.0. The first-order valence-electron chi connectivity index (χ1n) is 11.9. The molecule has 1 aromatic carbocycles. The molecule has 1 amide bonds. The molecule has 1 saturated heterocycles. The second-order valence-corrected chi connectivity index (χ2v) is 10.7. The van der Waals surface area contributed by atoms with E-state index in [9.17, 15) is 4.79 Å². The van der Waals surface area contributed by atoms with Crippen LogP contribution in [0.3, 0.4) is 0 Å². The highest BCUT2D eigenvalue weighted by atomic mass is 16.2. The van der Waals surface area contributed by atoms with Crippen LogP contribution in [-0.2, 0) is 10.2 Å². The molecule has 4 saturated carbocycles. The Bertz CT molecular complexity index is 951. The molecule has 2 unspecified atom stereocenters. The van der Waals surface area contributed by atoms with E-state index >= 15 is 0 Å². The van der Waals surface area contributed by atoms with Crippen molar-refractivity contribution in [3.63, 3.8) is 0 Å². The Morgan fingerprint density at radius 3 is 2.23 bits per heavy atom. The molecule has 7 rings (SSSR count). The first kappa shape index (κ1) is 19.3. The van der Waals surface area contributed by atoms with Crippen LogP contribution in [0.1, 0.15) is 49.7 Å². The summed E-state index contributed by atoms with van der Waals surface area (Å²) in [5.41, 5.74) is 2.88. The largest absolute Gasteiger partial charge is 0.339 e. The summed E-state index contributed by atoms with van der Waals surface area (Å²) in [4.78, 5) is 27.1. The third kappa shape index (κ3) is 3.16. The number of aromatic nitrogens is 2. The zero-order valence-electron chi connectivity index (χ0n) is 18.5. The Morgan fingerprint density at radius 1 is 0.935 bits per heavy atom. The molecule has 4 aliphatic carbocycles. The Kier molecular flexibility index (Phi) is 4.38. The quantitative estimate of drug-likeness (QED) is 0.760. The predicted molar refractivity (Wildman–Crippen MR) is 121 cm³/mol. The fraction of sp³-hybridized carbons (Fsp3) is 0.577. The number of hydrogen-bond acceptors (Lipinski definition) is 4. The number of carbonyl (C=O) groups excluding carboxylic acids is 1. The molecular formula is C26H32N4O. The summed E-state index contributed by atoms with van der Waals surface area (Å²) in [5.74, 6) is 2.64. The van der Waals surface area contributed by atoms with Crippen molar-refractivity contribution in [2.75, 3.05) is 31.1 Å². The molecule has 5 fully saturated rings. The third-order valence-electron chi connectivity index (χ3n) is 8.58. The molecule has 0 radical (unpaired) electrons. The average Bonchev–Trinajstić information content (AvgIpc) is 2.79. The average molecular weight is 417 g/mol. The van der Waals surface area contributed by atoms with E-state index in [4.69, 9.17) is 0 Å². The molecule has 5 heteroatoms. The van der Waals surface area contributed by atoms with Gasteiger partial charge in [0.05, 0.1) is 5.41 Å². The SMILES string of the molecule is Cc1ccc(C23CC4CC(CC(C(=O)N5CCN(c6ncccn6)CC5)(C4)C2)C3)cc1. The van der Waals surface area contributed by atoms with E-state index in [-0.39, 0.29) is 10.8 Å². The van der Waals surface area contributed by atoms with Gasteiger partial charge >= 0.3 is 0 Å². The normalized spacial score (nSPS) is 34.2. The van der Waals surface area contributed by atoms with Gasteiger partial charge in [0.25, 0.3) is 0 Å². The number of rotatable bonds is 3. The molecule has 4 bridgehead atoms. The minimum absolute atomic E-state index is 0.139. The number of anilines is 1. The lowest BCUT2D eigenvalue weighted by Gasteiger charge is -2.62. The molecule has 5 nitrogen and oxygen atoms in total. The van der Waals surface area contributed by atoms with Gasteiger partial charge in [-0.05, 0) is 74.3 Å². The van der Waals surface area contributed by atoms with E-state index in [0.717, 1.165) is 51.4 Å². The van der Waals surface area contributed by atoms with Gasteiger partial charge in [-0.15, -0.1) is 0 Å². The molecule has 2 atom stereocenters. The summed E-state index contributed by atoms with van der Waals surface area (Å²) >= 11 is 0. The Balaban J connectivity index is 1.23. The molecule has 2 heterocycles. The van der Waals surface area contributed by atoms with E-state index in [1.807, 2.05) is 6.07 Å². The van der Waals surface area contributed by atoms with Crippen LogP contribution in [0.4, 0.5) is 5.95 Å². The highest BCUT2D eigenvalue weighted by Gasteiger charge is 2.61. The third-order valence-corrected chi connectivity index (χ3v) is 8.58. The molecule has 5 aliphatic rings. The smallest absolute Gasteiger partial charge is 0.228 e. The van der Waals surface area contributed by atoms with Crippen LogP contribution in [0.2, 0.25) is 0 Å². The summed E-state index contributed by atoms with van der Waals surface area (Å²) in [6, 6.07) is 11.1. The minimum atomic E-state index is -0.139. The van der Waals surface area contributed by atoms with Gasteiger partial charge < -0.3 is 9.80 Å². The van der Waals surface area contributed by atoms with Gasteiger partial charge in [-0.1, -0.05) is 29.8 Å². The van der Waals surface area contributed by atoms with Gasteiger partial charge in [-0.3, -0.25) is 4.79 Å². The summed E-state index contributed by atoms with van der Waals surface area (Å²) in [6.45, 7) is 5.37. The van der Waals surface area contributed by atoms with Crippen LogP contribution < -0.4 is 4.90 Å². The number of aryl methyl sites for hydroxylation is 1. The van der Waals surface area contributed by atoms with E-state index in [0.29, 0.717) is 17.7 Å².